The highest BCUT2D eigenvalue weighted by Crippen LogP contribution is 2.36. The van der Waals surface area contributed by atoms with E-state index in [4.69, 9.17) is 10.2 Å². The van der Waals surface area contributed by atoms with Crippen molar-refractivity contribution in [2.75, 3.05) is 0 Å². The van der Waals surface area contributed by atoms with Crippen LogP contribution in [0.1, 0.15) is 25.7 Å². The maximum Gasteiger partial charge on any atom is 0.354 e. The first-order valence-corrected chi connectivity index (χ1v) is 5.33. The SMILES string of the molecule is O=C(O)C[C@@H]1N=C(C(=O)O)C2=CCCC[C@@H]21. The first-order chi connectivity index (χ1) is 7.59. The molecule has 1 aliphatic heterocycles. The quantitative estimate of drug-likeness (QED) is 0.749. The van der Waals surface area contributed by atoms with E-state index in [1.54, 1.807) is 0 Å². The Morgan fingerprint density at radius 3 is 2.81 bits per heavy atom. The molecular formula is C11H13NO4. The number of fused-ring (bicyclic) bond motifs is 1. The summed E-state index contributed by atoms with van der Waals surface area (Å²) >= 11 is 0. The van der Waals surface area contributed by atoms with Crippen molar-refractivity contribution in [1.29, 1.82) is 0 Å². The van der Waals surface area contributed by atoms with E-state index in [0.717, 1.165) is 24.8 Å². The average molecular weight is 223 g/mol. The lowest BCUT2D eigenvalue weighted by molar-refractivity contribution is -0.137. The minimum Gasteiger partial charge on any atom is -0.481 e. The van der Waals surface area contributed by atoms with Gasteiger partial charge in [-0.05, 0) is 24.8 Å². The number of aliphatic imine (C=N–C) groups is 1. The molecule has 0 saturated heterocycles. The first kappa shape index (κ1) is 10.9. The molecule has 5 nitrogen and oxygen atoms in total. The number of rotatable bonds is 3. The number of carbonyl (C=O) groups is 2. The molecule has 86 valence electrons. The summed E-state index contributed by atoms with van der Waals surface area (Å²) in [6.07, 6.45) is 4.48. The normalized spacial score (nSPS) is 28.0. The van der Waals surface area contributed by atoms with E-state index in [2.05, 4.69) is 4.99 Å². The van der Waals surface area contributed by atoms with Crippen molar-refractivity contribution < 1.29 is 19.8 Å². The number of hydrogen-bond acceptors (Lipinski definition) is 3. The van der Waals surface area contributed by atoms with Crippen molar-refractivity contribution in [2.45, 2.75) is 31.7 Å². The van der Waals surface area contributed by atoms with Gasteiger partial charge in [-0.1, -0.05) is 6.08 Å². The van der Waals surface area contributed by atoms with Crippen molar-refractivity contribution in [3.63, 3.8) is 0 Å². The standard InChI is InChI=1S/C11H13NO4/c13-9(14)5-8-6-3-1-2-4-7(6)10(12-8)11(15)16/h4,6,8H,1-3,5H2,(H,13,14)(H,15,16)/t6-,8-/m0/s1. The zero-order chi connectivity index (χ0) is 11.7. The fraction of sp³-hybridized carbons (Fsp3) is 0.545. The summed E-state index contributed by atoms with van der Waals surface area (Å²) in [4.78, 5) is 25.7. The lowest BCUT2D eigenvalue weighted by Crippen LogP contribution is -2.22. The lowest BCUT2D eigenvalue weighted by atomic mass is 9.82. The molecule has 2 N–H and O–H groups in total. The van der Waals surface area contributed by atoms with Crippen molar-refractivity contribution in [3.05, 3.63) is 11.6 Å². The smallest absolute Gasteiger partial charge is 0.354 e. The topological polar surface area (TPSA) is 87.0 Å². The van der Waals surface area contributed by atoms with Gasteiger partial charge in [-0.25, -0.2) is 4.79 Å². The number of hydrogen-bond donors (Lipinski definition) is 2. The molecule has 1 heterocycles. The predicted molar refractivity (Wildman–Crippen MR) is 56.5 cm³/mol. The van der Waals surface area contributed by atoms with Gasteiger partial charge in [0.25, 0.3) is 0 Å². The van der Waals surface area contributed by atoms with Crippen molar-refractivity contribution in [2.24, 2.45) is 10.9 Å². The molecule has 0 bridgehead atoms. The van der Waals surface area contributed by atoms with Gasteiger partial charge >= 0.3 is 11.9 Å². The number of allylic oxidation sites excluding steroid dienone is 1. The zero-order valence-electron chi connectivity index (χ0n) is 8.72. The fourth-order valence-corrected chi connectivity index (χ4v) is 2.45. The van der Waals surface area contributed by atoms with Gasteiger partial charge in [0, 0.05) is 5.92 Å². The maximum atomic E-state index is 11.0. The minimum atomic E-state index is -1.05. The number of aliphatic carboxylic acids is 2. The summed E-state index contributed by atoms with van der Waals surface area (Å²) in [6.45, 7) is 0. The second kappa shape index (κ2) is 4.08. The Kier molecular flexibility index (Phi) is 2.77. The van der Waals surface area contributed by atoms with Gasteiger partial charge in [-0.2, -0.15) is 0 Å². The Bertz CT molecular complexity index is 397. The van der Waals surface area contributed by atoms with E-state index in [9.17, 15) is 9.59 Å². The van der Waals surface area contributed by atoms with Crippen LogP contribution >= 0.6 is 0 Å². The molecular weight excluding hydrogens is 210 g/mol. The third-order valence-corrected chi connectivity index (χ3v) is 3.10. The Hall–Kier alpha value is -1.65. The van der Waals surface area contributed by atoms with Crippen LogP contribution in [0.25, 0.3) is 0 Å². The fourth-order valence-electron chi connectivity index (χ4n) is 2.45. The molecule has 0 fully saturated rings. The van der Waals surface area contributed by atoms with E-state index in [0.29, 0.717) is 0 Å². The molecule has 5 heteroatoms. The van der Waals surface area contributed by atoms with E-state index in [1.807, 2.05) is 6.08 Å². The summed E-state index contributed by atoms with van der Waals surface area (Å²) in [5.74, 6) is -1.98. The van der Waals surface area contributed by atoms with Crippen LogP contribution in [0.4, 0.5) is 0 Å². The second-order valence-electron chi connectivity index (χ2n) is 4.14. The Morgan fingerprint density at radius 1 is 1.44 bits per heavy atom. The molecule has 0 saturated carbocycles. The summed E-state index contributed by atoms with van der Waals surface area (Å²) in [7, 11) is 0. The third-order valence-electron chi connectivity index (χ3n) is 3.10. The second-order valence-corrected chi connectivity index (χ2v) is 4.14. The van der Waals surface area contributed by atoms with E-state index in [1.165, 1.54) is 0 Å². The summed E-state index contributed by atoms with van der Waals surface area (Å²) < 4.78 is 0. The van der Waals surface area contributed by atoms with Crippen LogP contribution < -0.4 is 0 Å². The maximum absolute atomic E-state index is 11.0. The van der Waals surface area contributed by atoms with Gasteiger partial charge < -0.3 is 10.2 Å². The number of nitrogens with zero attached hydrogens (tertiary/aromatic N) is 1. The van der Waals surface area contributed by atoms with Crippen molar-refractivity contribution >= 4 is 17.7 Å². The van der Waals surface area contributed by atoms with Crippen LogP contribution in [0.2, 0.25) is 0 Å². The van der Waals surface area contributed by atoms with Gasteiger partial charge in [0.2, 0.25) is 0 Å². The van der Waals surface area contributed by atoms with Crippen LogP contribution in [0, 0.1) is 5.92 Å². The van der Waals surface area contributed by atoms with Gasteiger partial charge in [0.1, 0.15) is 5.71 Å². The first-order valence-electron chi connectivity index (χ1n) is 5.33. The van der Waals surface area contributed by atoms with Crippen LogP contribution in [0.5, 0.6) is 0 Å². The Labute approximate surface area is 92.5 Å². The molecule has 0 aromatic heterocycles. The van der Waals surface area contributed by atoms with Gasteiger partial charge in [0.05, 0.1) is 12.5 Å². The van der Waals surface area contributed by atoms with Crippen LogP contribution in [0.15, 0.2) is 16.6 Å². The molecule has 0 aromatic carbocycles. The molecule has 1 aliphatic carbocycles. The molecule has 16 heavy (non-hydrogen) atoms. The summed E-state index contributed by atoms with van der Waals surface area (Å²) in [5.41, 5.74) is 0.806. The highest BCUT2D eigenvalue weighted by molar-refractivity contribution is 6.43. The van der Waals surface area contributed by atoms with Crippen LogP contribution in [0.3, 0.4) is 0 Å². The number of carboxylic acid groups (broad SMARTS) is 2. The van der Waals surface area contributed by atoms with E-state index < -0.39 is 18.0 Å². The predicted octanol–water partition coefficient (Wildman–Crippen LogP) is 1.10. The molecule has 0 radical (unpaired) electrons. The Morgan fingerprint density at radius 2 is 2.19 bits per heavy atom. The van der Waals surface area contributed by atoms with Crippen molar-refractivity contribution in [3.8, 4) is 0 Å². The molecule has 2 aliphatic rings. The van der Waals surface area contributed by atoms with Gasteiger partial charge in [-0.3, -0.25) is 9.79 Å². The average Bonchev–Trinajstić information content (AvgIpc) is 2.57. The number of carboxylic acids is 2. The van der Waals surface area contributed by atoms with Crippen molar-refractivity contribution in [1.82, 2.24) is 0 Å². The molecule has 0 aromatic rings. The molecule has 0 unspecified atom stereocenters. The highest BCUT2D eigenvalue weighted by atomic mass is 16.4. The minimum absolute atomic E-state index is 0.00375. The van der Waals surface area contributed by atoms with Gasteiger partial charge in [-0.15, -0.1) is 0 Å². The largest absolute Gasteiger partial charge is 0.481 e. The molecule has 0 amide bonds. The van der Waals surface area contributed by atoms with Gasteiger partial charge in [0.15, 0.2) is 0 Å². The van der Waals surface area contributed by atoms with Crippen LogP contribution in [-0.4, -0.2) is 33.9 Å². The van der Waals surface area contributed by atoms with E-state index >= 15 is 0 Å². The van der Waals surface area contributed by atoms with E-state index in [-0.39, 0.29) is 18.1 Å². The Balaban J connectivity index is 2.28. The molecule has 2 atom stereocenters. The summed E-state index contributed by atoms with van der Waals surface area (Å²) in [6, 6.07) is -0.393. The monoisotopic (exact) mass is 223 g/mol. The third kappa shape index (κ3) is 1.85. The lowest BCUT2D eigenvalue weighted by Gasteiger charge is -2.21. The summed E-state index contributed by atoms with van der Waals surface area (Å²) in [5, 5.41) is 17.7. The van der Waals surface area contributed by atoms with Crippen LogP contribution in [-0.2, 0) is 9.59 Å². The highest BCUT2D eigenvalue weighted by Gasteiger charge is 2.38. The molecule has 0 spiro atoms. The molecule has 2 rings (SSSR count). The zero-order valence-corrected chi connectivity index (χ0v) is 8.72.